The molecule has 1 aliphatic rings. The number of hydrogen-bond donors (Lipinski definition) is 2. The number of anilines is 1. The van der Waals surface area contributed by atoms with Gasteiger partial charge >= 0.3 is 0 Å². The fourth-order valence-electron chi connectivity index (χ4n) is 2.57. The number of piperazine rings is 1. The van der Waals surface area contributed by atoms with Gasteiger partial charge in [-0.3, -0.25) is 9.69 Å². The van der Waals surface area contributed by atoms with Gasteiger partial charge in [-0.1, -0.05) is 12.1 Å². The van der Waals surface area contributed by atoms with Crippen molar-refractivity contribution in [3.8, 4) is 0 Å². The van der Waals surface area contributed by atoms with Gasteiger partial charge in [0.15, 0.2) is 0 Å². The number of nitrogens with zero attached hydrogens (tertiary/aromatic N) is 2. The van der Waals surface area contributed by atoms with Gasteiger partial charge in [-0.25, -0.2) is 0 Å². The van der Waals surface area contributed by atoms with E-state index in [9.17, 15) is 4.79 Å². The van der Waals surface area contributed by atoms with E-state index in [2.05, 4.69) is 29.1 Å². The van der Waals surface area contributed by atoms with Gasteiger partial charge in [-0.2, -0.15) is 0 Å². The summed E-state index contributed by atoms with van der Waals surface area (Å²) < 4.78 is 0. The molecule has 1 fully saturated rings. The van der Waals surface area contributed by atoms with E-state index in [0.717, 1.165) is 30.9 Å². The minimum absolute atomic E-state index is 0.0376. The van der Waals surface area contributed by atoms with Crippen LogP contribution in [0.2, 0.25) is 0 Å². The summed E-state index contributed by atoms with van der Waals surface area (Å²) in [5, 5.41) is 2.95. The largest absolute Gasteiger partial charge is 0.326 e. The molecule has 1 aromatic rings. The highest BCUT2D eigenvalue weighted by atomic mass is 16.2. The second-order valence-electron chi connectivity index (χ2n) is 5.53. The predicted molar refractivity (Wildman–Crippen MR) is 81.5 cm³/mol. The van der Waals surface area contributed by atoms with Crippen molar-refractivity contribution < 1.29 is 4.79 Å². The summed E-state index contributed by atoms with van der Waals surface area (Å²) in [7, 11) is 2.12. The monoisotopic (exact) mass is 276 g/mol. The predicted octanol–water partition coefficient (Wildman–Crippen LogP) is 0.720. The highest BCUT2D eigenvalue weighted by molar-refractivity contribution is 5.92. The molecule has 0 saturated carbocycles. The van der Waals surface area contributed by atoms with E-state index in [1.165, 1.54) is 0 Å². The fourth-order valence-corrected chi connectivity index (χ4v) is 2.57. The van der Waals surface area contributed by atoms with Crippen LogP contribution in [0.15, 0.2) is 24.3 Å². The number of likely N-dealkylation sites (N-methyl/N-ethyl adjacent to an activating group) is 1. The van der Waals surface area contributed by atoms with Crippen molar-refractivity contribution in [2.24, 2.45) is 5.73 Å². The maximum Gasteiger partial charge on any atom is 0.238 e. The van der Waals surface area contributed by atoms with Crippen molar-refractivity contribution in [2.45, 2.75) is 19.5 Å². The lowest BCUT2D eigenvalue weighted by Gasteiger charge is -2.37. The quantitative estimate of drug-likeness (QED) is 0.850. The lowest BCUT2D eigenvalue weighted by molar-refractivity contribution is -0.118. The Morgan fingerprint density at radius 2 is 2.25 bits per heavy atom. The molecule has 1 heterocycles. The van der Waals surface area contributed by atoms with Gasteiger partial charge in [-0.15, -0.1) is 0 Å². The van der Waals surface area contributed by atoms with E-state index in [0.29, 0.717) is 19.1 Å². The second kappa shape index (κ2) is 6.83. The average Bonchev–Trinajstić information content (AvgIpc) is 2.42. The summed E-state index contributed by atoms with van der Waals surface area (Å²) in [6.07, 6.45) is 0. The first-order valence-electron chi connectivity index (χ1n) is 7.10. The molecule has 1 aromatic carbocycles. The summed E-state index contributed by atoms with van der Waals surface area (Å²) in [5.74, 6) is 0.0376. The highest BCUT2D eigenvalue weighted by Crippen LogP contribution is 2.11. The molecule has 0 aliphatic carbocycles. The van der Waals surface area contributed by atoms with E-state index in [1.807, 2.05) is 24.3 Å². The van der Waals surface area contributed by atoms with E-state index in [4.69, 9.17) is 5.73 Å². The van der Waals surface area contributed by atoms with Gasteiger partial charge in [-0.05, 0) is 31.7 Å². The van der Waals surface area contributed by atoms with Crippen LogP contribution >= 0.6 is 0 Å². The van der Waals surface area contributed by atoms with Crippen molar-refractivity contribution in [1.82, 2.24) is 9.80 Å². The number of carbonyl (C=O) groups is 1. The maximum absolute atomic E-state index is 12.1. The standard InChI is InChI=1S/C15H24N4O/c1-12-10-18(2)6-7-19(12)11-15(20)17-14-5-3-4-13(8-14)9-16/h3-5,8,12H,6-7,9-11,16H2,1-2H3,(H,17,20). The van der Waals surface area contributed by atoms with Crippen molar-refractivity contribution in [1.29, 1.82) is 0 Å². The zero-order chi connectivity index (χ0) is 14.5. The van der Waals surface area contributed by atoms with Crippen molar-refractivity contribution in [3.05, 3.63) is 29.8 Å². The Bertz CT molecular complexity index is 463. The third kappa shape index (κ3) is 4.03. The molecule has 0 radical (unpaired) electrons. The Balaban J connectivity index is 1.88. The van der Waals surface area contributed by atoms with Crippen LogP contribution in [-0.2, 0) is 11.3 Å². The van der Waals surface area contributed by atoms with E-state index in [1.54, 1.807) is 0 Å². The first-order valence-corrected chi connectivity index (χ1v) is 7.10. The molecule has 1 aliphatic heterocycles. The molecule has 1 atom stereocenters. The molecule has 2 rings (SSSR count). The molecule has 0 aromatic heterocycles. The van der Waals surface area contributed by atoms with Gasteiger partial charge in [0.05, 0.1) is 6.54 Å². The van der Waals surface area contributed by atoms with Crippen LogP contribution in [0.5, 0.6) is 0 Å². The van der Waals surface area contributed by atoms with E-state index in [-0.39, 0.29) is 5.91 Å². The average molecular weight is 276 g/mol. The SMILES string of the molecule is CC1CN(C)CCN1CC(=O)Nc1cccc(CN)c1. The first kappa shape index (κ1) is 15.0. The van der Waals surface area contributed by atoms with Crippen molar-refractivity contribution in [3.63, 3.8) is 0 Å². The maximum atomic E-state index is 12.1. The summed E-state index contributed by atoms with van der Waals surface area (Å²) >= 11 is 0. The molecular weight excluding hydrogens is 252 g/mol. The van der Waals surface area contributed by atoms with Crippen LogP contribution in [0.1, 0.15) is 12.5 Å². The van der Waals surface area contributed by atoms with Gasteiger partial charge in [0, 0.05) is 37.9 Å². The molecule has 1 unspecified atom stereocenters. The zero-order valence-corrected chi connectivity index (χ0v) is 12.3. The number of carbonyl (C=O) groups excluding carboxylic acids is 1. The van der Waals surface area contributed by atoms with Crippen LogP contribution in [0.25, 0.3) is 0 Å². The molecule has 5 heteroatoms. The van der Waals surface area contributed by atoms with Gasteiger partial charge in [0.25, 0.3) is 0 Å². The van der Waals surface area contributed by atoms with Gasteiger partial charge in [0.2, 0.25) is 5.91 Å². The minimum Gasteiger partial charge on any atom is -0.326 e. The number of benzene rings is 1. The molecule has 110 valence electrons. The lowest BCUT2D eigenvalue weighted by Crippen LogP contribution is -2.52. The summed E-state index contributed by atoms with van der Waals surface area (Å²) in [6.45, 7) is 6.06. The van der Waals surface area contributed by atoms with E-state index >= 15 is 0 Å². The summed E-state index contributed by atoms with van der Waals surface area (Å²) in [6, 6.07) is 8.10. The fraction of sp³-hybridized carbons (Fsp3) is 0.533. The van der Waals surface area contributed by atoms with Crippen LogP contribution < -0.4 is 11.1 Å². The lowest BCUT2D eigenvalue weighted by atomic mass is 10.2. The van der Waals surface area contributed by atoms with Crippen LogP contribution in [-0.4, -0.2) is 55.0 Å². The Hall–Kier alpha value is -1.43. The van der Waals surface area contributed by atoms with Gasteiger partial charge < -0.3 is 16.0 Å². The summed E-state index contributed by atoms with van der Waals surface area (Å²) in [4.78, 5) is 16.6. The third-order valence-corrected chi connectivity index (χ3v) is 3.76. The number of nitrogens with one attached hydrogen (secondary N) is 1. The smallest absolute Gasteiger partial charge is 0.238 e. The Morgan fingerprint density at radius 1 is 1.45 bits per heavy atom. The Kier molecular flexibility index (Phi) is 5.11. The van der Waals surface area contributed by atoms with Gasteiger partial charge in [0.1, 0.15) is 0 Å². The molecule has 3 N–H and O–H groups in total. The normalized spacial score (nSPS) is 20.9. The van der Waals surface area contributed by atoms with E-state index < -0.39 is 0 Å². The molecular formula is C15H24N4O. The number of hydrogen-bond acceptors (Lipinski definition) is 4. The topological polar surface area (TPSA) is 61.6 Å². The molecule has 20 heavy (non-hydrogen) atoms. The third-order valence-electron chi connectivity index (χ3n) is 3.76. The second-order valence-corrected chi connectivity index (χ2v) is 5.53. The molecule has 5 nitrogen and oxygen atoms in total. The number of amides is 1. The van der Waals surface area contributed by atoms with Crippen LogP contribution in [0.4, 0.5) is 5.69 Å². The number of rotatable bonds is 4. The minimum atomic E-state index is 0.0376. The zero-order valence-electron chi connectivity index (χ0n) is 12.3. The molecule has 0 spiro atoms. The van der Waals surface area contributed by atoms with Crippen molar-refractivity contribution >= 4 is 11.6 Å². The van der Waals surface area contributed by atoms with Crippen LogP contribution in [0.3, 0.4) is 0 Å². The first-order chi connectivity index (χ1) is 9.58. The Morgan fingerprint density at radius 3 is 2.95 bits per heavy atom. The van der Waals surface area contributed by atoms with Crippen LogP contribution in [0, 0.1) is 0 Å². The van der Waals surface area contributed by atoms with Crippen molar-refractivity contribution in [2.75, 3.05) is 38.5 Å². The summed E-state index contributed by atoms with van der Waals surface area (Å²) in [5.41, 5.74) is 7.45. The molecule has 1 amide bonds. The number of nitrogens with two attached hydrogens (primary N) is 1. The highest BCUT2D eigenvalue weighted by Gasteiger charge is 2.23. The molecule has 0 bridgehead atoms. The Labute approximate surface area is 120 Å². The molecule has 1 saturated heterocycles.